The highest BCUT2D eigenvalue weighted by molar-refractivity contribution is 6.30. The number of benzene rings is 1. The number of morpholine rings is 1. The Morgan fingerprint density at radius 2 is 1.93 bits per heavy atom. The normalized spacial score (nSPS) is 18.8. The molecular formula is C20H22ClN5O4. The minimum Gasteiger partial charge on any atom is -0.442 e. The molecule has 0 radical (unpaired) electrons. The summed E-state index contributed by atoms with van der Waals surface area (Å²) in [4.78, 5) is 32.4. The maximum atomic E-state index is 12.2. The van der Waals surface area contributed by atoms with Crippen molar-refractivity contribution in [1.82, 2.24) is 10.3 Å². The first-order valence-corrected chi connectivity index (χ1v) is 10.0. The molecule has 2 saturated heterocycles. The summed E-state index contributed by atoms with van der Waals surface area (Å²) in [6.45, 7) is 3.48. The van der Waals surface area contributed by atoms with Crippen molar-refractivity contribution in [1.29, 1.82) is 0 Å². The Hall–Kier alpha value is -3.04. The van der Waals surface area contributed by atoms with Crippen LogP contribution in [0.2, 0.25) is 5.02 Å². The minimum absolute atomic E-state index is 0.195. The van der Waals surface area contributed by atoms with E-state index in [9.17, 15) is 9.59 Å². The predicted octanol–water partition coefficient (Wildman–Crippen LogP) is 2.72. The van der Waals surface area contributed by atoms with Gasteiger partial charge < -0.3 is 25.0 Å². The molecule has 2 aromatic rings. The zero-order valence-corrected chi connectivity index (χ0v) is 17.0. The van der Waals surface area contributed by atoms with Gasteiger partial charge in [-0.2, -0.15) is 0 Å². The van der Waals surface area contributed by atoms with Gasteiger partial charge >= 0.3 is 12.1 Å². The number of anilines is 3. The van der Waals surface area contributed by atoms with Gasteiger partial charge in [-0.25, -0.2) is 14.6 Å². The highest BCUT2D eigenvalue weighted by atomic mass is 35.5. The minimum atomic E-state index is -0.458. The van der Waals surface area contributed by atoms with Crippen LogP contribution in [0.4, 0.5) is 26.8 Å². The number of ether oxygens (including phenoxy) is 2. The second-order valence-corrected chi connectivity index (χ2v) is 7.37. The monoisotopic (exact) mass is 431 g/mol. The van der Waals surface area contributed by atoms with E-state index < -0.39 is 12.2 Å². The largest absolute Gasteiger partial charge is 0.442 e. The van der Waals surface area contributed by atoms with Crippen LogP contribution in [0.3, 0.4) is 0 Å². The van der Waals surface area contributed by atoms with Crippen LogP contribution in [0.1, 0.15) is 0 Å². The summed E-state index contributed by atoms with van der Waals surface area (Å²) in [5.41, 5.74) is 1.28. The average Bonchev–Trinajstić information content (AvgIpc) is 3.15. The van der Waals surface area contributed by atoms with Crippen LogP contribution in [0.15, 0.2) is 42.6 Å². The van der Waals surface area contributed by atoms with E-state index in [4.69, 9.17) is 21.1 Å². The maximum absolute atomic E-state index is 12.2. The van der Waals surface area contributed by atoms with E-state index in [2.05, 4.69) is 20.5 Å². The second kappa shape index (κ2) is 9.19. The molecule has 2 fully saturated rings. The number of carbonyl (C=O) groups excluding carboxylic acids is 2. The topological polar surface area (TPSA) is 96.0 Å². The van der Waals surface area contributed by atoms with Gasteiger partial charge in [0.2, 0.25) is 0 Å². The molecule has 0 saturated carbocycles. The van der Waals surface area contributed by atoms with E-state index in [0.717, 1.165) is 18.9 Å². The van der Waals surface area contributed by atoms with Crippen molar-refractivity contribution < 1.29 is 19.1 Å². The van der Waals surface area contributed by atoms with E-state index in [0.29, 0.717) is 36.2 Å². The number of pyridine rings is 1. The fourth-order valence-electron chi connectivity index (χ4n) is 3.27. The standard InChI is InChI=1S/C20H22ClN5O4/c21-14-1-3-15(4-2-14)24-19(27)23-12-17-13-26(20(28)30-17)16-5-6-18(22-11-16)25-7-9-29-10-8-25/h1-6,11,17H,7-10,12-13H2,(H2,23,24,27)/t17-/m0/s1. The van der Waals surface area contributed by atoms with Gasteiger partial charge in [-0.15, -0.1) is 0 Å². The first-order chi connectivity index (χ1) is 14.6. The molecule has 30 heavy (non-hydrogen) atoms. The quantitative estimate of drug-likeness (QED) is 0.755. The Morgan fingerprint density at radius 1 is 1.17 bits per heavy atom. The number of halogens is 1. The average molecular weight is 432 g/mol. The second-order valence-electron chi connectivity index (χ2n) is 6.93. The van der Waals surface area contributed by atoms with Crippen molar-refractivity contribution in [3.63, 3.8) is 0 Å². The van der Waals surface area contributed by atoms with Crippen molar-refractivity contribution in [3.8, 4) is 0 Å². The summed E-state index contributed by atoms with van der Waals surface area (Å²) >= 11 is 5.83. The molecule has 1 aromatic heterocycles. The number of aromatic nitrogens is 1. The number of carbonyl (C=O) groups is 2. The van der Waals surface area contributed by atoms with Gasteiger partial charge in [0.1, 0.15) is 11.9 Å². The summed E-state index contributed by atoms with van der Waals surface area (Å²) < 4.78 is 10.7. The summed E-state index contributed by atoms with van der Waals surface area (Å²) in [6, 6.07) is 10.1. The molecule has 158 valence electrons. The van der Waals surface area contributed by atoms with Crippen molar-refractivity contribution in [2.45, 2.75) is 6.10 Å². The molecule has 9 nitrogen and oxygen atoms in total. The van der Waals surface area contributed by atoms with Crippen molar-refractivity contribution in [2.75, 3.05) is 54.5 Å². The number of amides is 3. The van der Waals surface area contributed by atoms with Gasteiger partial charge in [-0.3, -0.25) is 4.90 Å². The van der Waals surface area contributed by atoms with Crippen LogP contribution >= 0.6 is 11.6 Å². The zero-order valence-electron chi connectivity index (χ0n) is 16.2. The smallest absolute Gasteiger partial charge is 0.414 e. The Labute approximate surface area is 178 Å². The van der Waals surface area contributed by atoms with Crippen molar-refractivity contribution >= 4 is 40.9 Å². The highest BCUT2D eigenvalue weighted by Gasteiger charge is 2.32. The molecule has 3 amide bonds. The lowest BCUT2D eigenvalue weighted by molar-refractivity contribution is 0.122. The Kier molecular flexibility index (Phi) is 6.20. The van der Waals surface area contributed by atoms with Crippen molar-refractivity contribution in [3.05, 3.63) is 47.6 Å². The lowest BCUT2D eigenvalue weighted by Gasteiger charge is -2.28. The SMILES string of the molecule is O=C(NC[C@H]1CN(c2ccc(N3CCOCC3)nc2)C(=O)O1)Nc1ccc(Cl)cc1. The third-order valence-corrected chi connectivity index (χ3v) is 5.10. The summed E-state index contributed by atoms with van der Waals surface area (Å²) in [7, 11) is 0. The zero-order chi connectivity index (χ0) is 20.9. The highest BCUT2D eigenvalue weighted by Crippen LogP contribution is 2.23. The fourth-order valence-corrected chi connectivity index (χ4v) is 3.40. The number of hydrogen-bond donors (Lipinski definition) is 2. The molecule has 2 aliphatic rings. The van der Waals surface area contributed by atoms with Crippen LogP contribution in [0.5, 0.6) is 0 Å². The molecule has 1 atom stereocenters. The van der Waals surface area contributed by atoms with Crippen LogP contribution < -0.4 is 20.4 Å². The van der Waals surface area contributed by atoms with Crippen LogP contribution in [0, 0.1) is 0 Å². The van der Waals surface area contributed by atoms with Crippen LogP contribution in [-0.4, -0.2) is 62.6 Å². The third-order valence-electron chi connectivity index (χ3n) is 4.85. The van der Waals surface area contributed by atoms with E-state index in [1.165, 1.54) is 4.90 Å². The Morgan fingerprint density at radius 3 is 2.63 bits per heavy atom. The lowest BCUT2D eigenvalue weighted by Crippen LogP contribution is -2.37. The van der Waals surface area contributed by atoms with Gasteiger partial charge in [0.05, 0.1) is 38.2 Å². The first kappa shape index (κ1) is 20.2. The summed E-state index contributed by atoms with van der Waals surface area (Å²) in [5, 5.41) is 6.00. The molecule has 0 spiro atoms. The molecule has 4 rings (SSSR count). The summed E-state index contributed by atoms with van der Waals surface area (Å²) in [5.74, 6) is 0.853. The molecular weight excluding hydrogens is 410 g/mol. The summed E-state index contributed by atoms with van der Waals surface area (Å²) in [6.07, 6.45) is 0.753. The maximum Gasteiger partial charge on any atom is 0.414 e. The number of nitrogens with zero attached hydrogens (tertiary/aromatic N) is 3. The van der Waals surface area contributed by atoms with E-state index >= 15 is 0 Å². The van der Waals surface area contributed by atoms with Crippen LogP contribution in [0.25, 0.3) is 0 Å². The van der Waals surface area contributed by atoms with Gasteiger partial charge in [-0.05, 0) is 36.4 Å². The molecule has 0 aliphatic carbocycles. The van der Waals surface area contributed by atoms with Gasteiger partial charge in [0.15, 0.2) is 0 Å². The van der Waals surface area contributed by atoms with E-state index in [-0.39, 0.29) is 12.6 Å². The van der Waals surface area contributed by atoms with Crippen molar-refractivity contribution in [2.24, 2.45) is 0 Å². The molecule has 0 bridgehead atoms. The lowest BCUT2D eigenvalue weighted by atomic mass is 10.3. The van der Waals surface area contributed by atoms with Crippen LogP contribution in [-0.2, 0) is 9.47 Å². The number of nitrogens with one attached hydrogen (secondary N) is 2. The van der Waals surface area contributed by atoms with Gasteiger partial charge in [0, 0.05) is 23.8 Å². The Balaban J connectivity index is 1.28. The number of rotatable bonds is 5. The molecule has 10 heteroatoms. The number of urea groups is 1. The van der Waals surface area contributed by atoms with Gasteiger partial charge in [-0.1, -0.05) is 11.6 Å². The number of hydrogen-bond acceptors (Lipinski definition) is 6. The van der Waals surface area contributed by atoms with E-state index in [1.54, 1.807) is 30.5 Å². The fraction of sp³-hybridized carbons (Fsp3) is 0.350. The first-order valence-electron chi connectivity index (χ1n) is 9.66. The molecule has 2 aliphatic heterocycles. The Bertz CT molecular complexity index is 887. The van der Waals surface area contributed by atoms with E-state index in [1.807, 2.05) is 12.1 Å². The number of cyclic esters (lactones) is 1. The molecule has 3 heterocycles. The molecule has 1 aromatic carbocycles. The molecule has 2 N–H and O–H groups in total. The molecule has 0 unspecified atom stereocenters. The predicted molar refractivity (Wildman–Crippen MR) is 113 cm³/mol. The third kappa shape index (κ3) is 4.92. The van der Waals surface area contributed by atoms with Gasteiger partial charge in [0.25, 0.3) is 0 Å².